The van der Waals surface area contributed by atoms with E-state index in [0.717, 1.165) is 38.5 Å². The van der Waals surface area contributed by atoms with Crippen molar-refractivity contribution < 1.29 is 4.74 Å². The monoisotopic (exact) mass is 334 g/mol. The average Bonchev–Trinajstić information content (AvgIpc) is 3.23. The van der Waals surface area contributed by atoms with Crippen molar-refractivity contribution in [2.75, 3.05) is 0 Å². The van der Waals surface area contributed by atoms with Crippen molar-refractivity contribution >= 4 is 11.2 Å². The third-order valence-corrected chi connectivity index (χ3v) is 4.91. The third-order valence-electron chi connectivity index (χ3n) is 4.91. The molecule has 1 fully saturated rings. The molecule has 2 aromatic heterocycles. The fourth-order valence-corrected chi connectivity index (χ4v) is 3.35. The summed E-state index contributed by atoms with van der Waals surface area (Å²) in [6.45, 7) is 2.62. The Labute approximate surface area is 140 Å². The Balaban J connectivity index is 1.56. The number of hydrogen-bond donors (Lipinski definition) is 0. The Kier molecular flexibility index (Phi) is 4.89. The van der Waals surface area contributed by atoms with Gasteiger partial charge in [0.25, 0.3) is 5.56 Å². The minimum atomic E-state index is -0.289. The molecule has 1 saturated heterocycles. The summed E-state index contributed by atoms with van der Waals surface area (Å²) >= 11 is 0. The highest BCUT2D eigenvalue weighted by Gasteiger charge is 2.35. The van der Waals surface area contributed by atoms with Crippen LogP contribution in [0.3, 0.4) is 0 Å². The summed E-state index contributed by atoms with van der Waals surface area (Å²) in [7, 11) is 3.43. The molecule has 0 spiro atoms. The van der Waals surface area contributed by atoms with Crippen LogP contribution in [0, 0.1) is 0 Å². The first-order valence-corrected chi connectivity index (χ1v) is 8.81. The number of rotatable bonds is 8. The number of epoxide rings is 1. The second kappa shape index (κ2) is 6.93. The lowest BCUT2D eigenvalue weighted by molar-refractivity contribution is 0.354. The fourth-order valence-electron chi connectivity index (χ4n) is 3.35. The summed E-state index contributed by atoms with van der Waals surface area (Å²) in [5.74, 6) is 0. The SMILES string of the molecule is CCC1OC1CCCCCCn1c(=O)c2c(ncn2C)n(C)c1=O. The van der Waals surface area contributed by atoms with E-state index in [1.54, 1.807) is 25.0 Å². The summed E-state index contributed by atoms with van der Waals surface area (Å²) in [6, 6.07) is 0. The highest BCUT2D eigenvalue weighted by Crippen LogP contribution is 2.29. The molecule has 7 nitrogen and oxygen atoms in total. The first-order chi connectivity index (χ1) is 11.5. The lowest BCUT2D eigenvalue weighted by Gasteiger charge is -2.08. The largest absolute Gasteiger partial charge is 0.370 e. The van der Waals surface area contributed by atoms with Gasteiger partial charge in [0.2, 0.25) is 0 Å². The van der Waals surface area contributed by atoms with Crippen molar-refractivity contribution in [3.8, 4) is 0 Å². The summed E-state index contributed by atoms with van der Waals surface area (Å²) < 4.78 is 9.99. The zero-order chi connectivity index (χ0) is 17.3. The molecule has 0 saturated carbocycles. The van der Waals surface area contributed by atoms with Gasteiger partial charge in [0.1, 0.15) is 0 Å². The topological polar surface area (TPSA) is 74.3 Å². The predicted molar refractivity (Wildman–Crippen MR) is 92.3 cm³/mol. The second-order valence-electron chi connectivity index (χ2n) is 6.65. The summed E-state index contributed by atoms with van der Waals surface area (Å²) in [5.41, 5.74) is 0.390. The first kappa shape index (κ1) is 17.0. The molecule has 3 heterocycles. The standard InChI is InChI=1S/C17H26N4O3/c1-4-12-13(24-12)9-7-5-6-8-10-21-16(22)14-15(18-11-19(14)2)20(3)17(21)23/h11-13H,4-10H2,1-3H3. The second-order valence-corrected chi connectivity index (χ2v) is 6.65. The van der Waals surface area contributed by atoms with E-state index in [9.17, 15) is 9.59 Å². The highest BCUT2D eigenvalue weighted by atomic mass is 16.6. The average molecular weight is 334 g/mol. The summed E-state index contributed by atoms with van der Waals surface area (Å²) in [5, 5.41) is 0. The molecule has 7 heteroatoms. The Bertz CT molecular complexity index is 833. The molecule has 1 aliphatic rings. The molecule has 0 radical (unpaired) electrons. The molecule has 0 bridgehead atoms. The van der Waals surface area contributed by atoms with Gasteiger partial charge in [-0.2, -0.15) is 0 Å². The maximum absolute atomic E-state index is 12.5. The molecule has 2 unspecified atom stereocenters. The zero-order valence-electron chi connectivity index (χ0n) is 14.7. The van der Waals surface area contributed by atoms with Crippen LogP contribution in [0.15, 0.2) is 15.9 Å². The van der Waals surface area contributed by atoms with Crippen LogP contribution < -0.4 is 11.2 Å². The van der Waals surface area contributed by atoms with Crippen molar-refractivity contribution in [3.05, 3.63) is 27.2 Å². The van der Waals surface area contributed by atoms with Crippen LogP contribution in [0.2, 0.25) is 0 Å². The molecule has 0 aliphatic carbocycles. The van der Waals surface area contributed by atoms with E-state index in [-0.39, 0.29) is 11.2 Å². The molecule has 0 aromatic carbocycles. The lowest BCUT2D eigenvalue weighted by Crippen LogP contribution is -2.39. The lowest BCUT2D eigenvalue weighted by atomic mass is 10.1. The van der Waals surface area contributed by atoms with Gasteiger partial charge in [-0.25, -0.2) is 9.78 Å². The Hall–Kier alpha value is -1.89. The van der Waals surface area contributed by atoms with Gasteiger partial charge in [0.15, 0.2) is 11.2 Å². The number of aromatic nitrogens is 4. The van der Waals surface area contributed by atoms with E-state index in [1.165, 1.54) is 9.13 Å². The molecule has 24 heavy (non-hydrogen) atoms. The van der Waals surface area contributed by atoms with E-state index < -0.39 is 0 Å². The maximum Gasteiger partial charge on any atom is 0.332 e. The fraction of sp³-hybridized carbons (Fsp3) is 0.706. The molecular formula is C17H26N4O3. The van der Waals surface area contributed by atoms with Crippen molar-refractivity contribution in [2.24, 2.45) is 14.1 Å². The van der Waals surface area contributed by atoms with Gasteiger partial charge in [0, 0.05) is 20.6 Å². The van der Waals surface area contributed by atoms with Crippen LogP contribution >= 0.6 is 0 Å². The van der Waals surface area contributed by atoms with Gasteiger partial charge in [-0.3, -0.25) is 13.9 Å². The summed E-state index contributed by atoms with van der Waals surface area (Å²) in [4.78, 5) is 29.0. The van der Waals surface area contributed by atoms with Crippen LogP contribution in [-0.2, 0) is 25.4 Å². The Morgan fingerprint density at radius 2 is 1.88 bits per heavy atom. The van der Waals surface area contributed by atoms with E-state index >= 15 is 0 Å². The molecule has 2 atom stereocenters. The number of ether oxygens (including phenoxy) is 1. The van der Waals surface area contributed by atoms with Gasteiger partial charge in [0.05, 0.1) is 18.5 Å². The van der Waals surface area contributed by atoms with Crippen LogP contribution in [-0.4, -0.2) is 30.9 Å². The van der Waals surface area contributed by atoms with Crippen LogP contribution in [0.5, 0.6) is 0 Å². The molecule has 2 aromatic rings. The molecule has 0 N–H and O–H groups in total. The number of imidazole rings is 1. The smallest absolute Gasteiger partial charge is 0.332 e. The van der Waals surface area contributed by atoms with E-state index in [0.29, 0.717) is 29.9 Å². The van der Waals surface area contributed by atoms with E-state index in [2.05, 4.69) is 11.9 Å². The van der Waals surface area contributed by atoms with Gasteiger partial charge >= 0.3 is 5.69 Å². The minimum Gasteiger partial charge on any atom is -0.370 e. The van der Waals surface area contributed by atoms with Crippen LogP contribution in [0.25, 0.3) is 11.2 Å². The summed E-state index contributed by atoms with van der Waals surface area (Å²) in [6.07, 6.45) is 8.86. The van der Waals surface area contributed by atoms with Gasteiger partial charge in [-0.15, -0.1) is 0 Å². The maximum atomic E-state index is 12.5. The molecule has 0 amide bonds. The number of hydrogen-bond acceptors (Lipinski definition) is 4. The van der Waals surface area contributed by atoms with Crippen LogP contribution in [0.4, 0.5) is 0 Å². The molecule has 3 rings (SSSR count). The predicted octanol–water partition coefficient (Wildman–Crippen LogP) is 1.56. The van der Waals surface area contributed by atoms with Crippen molar-refractivity contribution in [1.82, 2.24) is 18.7 Å². The first-order valence-electron chi connectivity index (χ1n) is 8.81. The number of aryl methyl sites for hydroxylation is 2. The third kappa shape index (κ3) is 3.17. The number of unbranched alkanes of at least 4 members (excludes halogenated alkanes) is 3. The zero-order valence-corrected chi connectivity index (χ0v) is 14.7. The van der Waals surface area contributed by atoms with Gasteiger partial charge < -0.3 is 9.30 Å². The minimum absolute atomic E-state index is 0.245. The number of nitrogens with zero attached hydrogens (tertiary/aromatic N) is 4. The van der Waals surface area contributed by atoms with Crippen molar-refractivity contribution in [1.29, 1.82) is 0 Å². The normalized spacial score (nSPS) is 20.0. The Morgan fingerprint density at radius 1 is 1.12 bits per heavy atom. The molecule has 132 valence electrons. The highest BCUT2D eigenvalue weighted by molar-refractivity contribution is 5.69. The molecule has 1 aliphatic heterocycles. The van der Waals surface area contributed by atoms with Crippen molar-refractivity contribution in [3.63, 3.8) is 0 Å². The van der Waals surface area contributed by atoms with Crippen molar-refractivity contribution in [2.45, 2.75) is 64.2 Å². The molecular weight excluding hydrogens is 308 g/mol. The van der Waals surface area contributed by atoms with Crippen LogP contribution in [0.1, 0.15) is 45.4 Å². The van der Waals surface area contributed by atoms with Gasteiger partial charge in [-0.1, -0.05) is 26.2 Å². The quantitative estimate of drug-likeness (QED) is 0.542. The van der Waals surface area contributed by atoms with E-state index in [1.807, 2.05) is 0 Å². The van der Waals surface area contributed by atoms with Gasteiger partial charge in [-0.05, 0) is 19.3 Å². The number of fused-ring (bicyclic) bond motifs is 1. The Morgan fingerprint density at radius 3 is 2.58 bits per heavy atom. The van der Waals surface area contributed by atoms with E-state index in [4.69, 9.17) is 4.74 Å².